The van der Waals surface area contributed by atoms with E-state index in [2.05, 4.69) is 10.1 Å². The first-order valence-corrected chi connectivity index (χ1v) is 5.39. The number of aromatic nitrogens is 3. The van der Waals surface area contributed by atoms with Crippen molar-refractivity contribution in [1.82, 2.24) is 14.8 Å². The van der Waals surface area contributed by atoms with Crippen LogP contribution in [0.25, 0.3) is 0 Å². The van der Waals surface area contributed by atoms with Crippen molar-refractivity contribution in [2.75, 3.05) is 0 Å². The summed E-state index contributed by atoms with van der Waals surface area (Å²) in [6.07, 6.45) is 1.68. The van der Waals surface area contributed by atoms with E-state index in [9.17, 15) is 13.6 Å². The number of aryl methyl sites for hydroxylation is 1. The molecule has 0 aliphatic rings. The molecule has 2 rings (SSSR count). The summed E-state index contributed by atoms with van der Waals surface area (Å²) in [6, 6.07) is 1.96. The molecule has 7 heteroatoms. The Morgan fingerprint density at radius 3 is 2.47 bits per heavy atom. The van der Waals surface area contributed by atoms with Crippen molar-refractivity contribution in [2.24, 2.45) is 7.05 Å². The molecule has 1 heterocycles. The second-order valence-corrected chi connectivity index (χ2v) is 4.18. The molecule has 1 aromatic carbocycles. The zero-order chi connectivity index (χ0) is 12.4. The molecule has 0 N–H and O–H groups in total. The summed E-state index contributed by atoms with van der Waals surface area (Å²) in [5.41, 5.74) is -0.0395. The number of hydrogen-bond donors (Lipinski definition) is 0. The van der Waals surface area contributed by atoms with Crippen molar-refractivity contribution in [2.45, 2.75) is 10.1 Å². The Morgan fingerprint density at radius 2 is 2.00 bits per heavy atom. The van der Waals surface area contributed by atoms with Gasteiger partial charge in [-0.1, -0.05) is 0 Å². The van der Waals surface area contributed by atoms with Crippen LogP contribution in [0.2, 0.25) is 0 Å². The third kappa shape index (κ3) is 2.33. The molecule has 0 fully saturated rings. The Labute approximate surface area is 99.7 Å². The summed E-state index contributed by atoms with van der Waals surface area (Å²) >= 11 is 0.817. The highest BCUT2D eigenvalue weighted by Gasteiger charge is 2.15. The first-order valence-electron chi connectivity index (χ1n) is 4.58. The quantitative estimate of drug-likeness (QED) is 0.788. The number of rotatable bonds is 3. The molecule has 17 heavy (non-hydrogen) atoms. The monoisotopic (exact) mass is 255 g/mol. The number of carbonyl (C=O) groups is 1. The second kappa shape index (κ2) is 4.62. The van der Waals surface area contributed by atoms with Gasteiger partial charge in [0.2, 0.25) is 0 Å². The molecule has 0 aliphatic carbocycles. The van der Waals surface area contributed by atoms with Crippen molar-refractivity contribution >= 4 is 18.0 Å². The van der Waals surface area contributed by atoms with Gasteiger partial charge in [-0.2, -0.15) is 5.10 Å². The molecule has 88 valence electrons. The molecular formula is C10H7F2N3OS. The molecule has 0 radical (unpaired) electrons. The van der Waals surface area contributed by atoms with Gasteiger partial charge in [0.15, 0.2) is 5.16 Å². The van der Waals surface area contributed by atoms with E-state index in [-0.39, 0.29) is 10.5 Å². The van der Waals surface area contributed by atoms with Crippen LogP contribution in [0, 0.1) is 11.6 Å². The summed E-state index contributed by atoms with van der Waals surface area (Å²) in [7, 11) is 1.62. The standard InChI is InChI=1S/C10H7F2N3OS/c1-15-10(13-5-14-15)17-9-7(11)2-6(4-16)3-8(9)12/h2-5H,1H3. The summed E-state index contributed by atoms with van der Waals surface area (Å²) in [5, 5.41) is 4.15. The van der Waals surface area contributed by atoms with E-state index in [1.165, 1.54) is 11.0 Å². The fourth-order valence-electron chi connectivity index (χ4n) is 1.21. The molecular weight excluding hydrogens is 248 g/mol. The fourth-order valence-corrected chi connectivity index (χ4v) is 1.99. The molecule has 4 nitrogen and oxygen atoms in total. The summed E-state index contributed by atoms with van der Waals surface area (Å²) < 4.78 is 28.5. The van der Waals surface area contributed by atoms with Gasteiger partial charge in [-0.3, -0.25) is 4.79 Å². The minimum atomic E-state index is -0.792. The third-order valence-corrected chi connectivity index (χ3v) is 3.17. The van der Waals surface area contributed by atoms with Crippen LogP contribution in [0.1, 0.15) is 10.4 Å². The van der Waals surface area contributed by atoms with E-state index in [1.54, 1.807) is 7.05 Å². The maximum absolute atomic E-state index is 13.5. The van der Waals surface area contributed by atoms with Crippen LogP contribution in [0.4, 0.5) is 8.78 Å². The normalized spacial score (nSPS) is 10.5. The predicted octanol–water partition coefficient (Wildman–Crippen LogP) is 2.06. The molecule has 0 bridgehead atoms. The predicted molar refractivity (Wildman–Crippen MR) is 56.9 cm³/mol. The zero-order valence-electron chi connectivity index (χ0n) is 8.72. The maximum atomic E-state index is 13.5. The van der Waals surface area contributed by atoms with Gasteiger partial charge in [-0.15, -0.1) is 0 Å². The molecule has 0 amide bonds. The highest BCUT2D eigenvalue weighted by atomic mass is 32.2. The number of benzene rings is 1. The van der Waals surface area contributed by atoms with E-state index >= 15 is 0 Å². The molecule has 0 spiro atoms. The molecule has 0 saturated carbocycles. The van der Waals surface area contributed by atoms with Crippen molar-refractivity contribution in [1.29, 1.82) is 0 Å². The van der Waals surface area contributed by atoms with Crippen molar-refractivity contribution in [3.63, 3.8) is 0 Å². The molecule has 0 saturated heterocycles. The average molecular weight is 255 g/mol. The largest absolute Gasteiger partial charge is 0.298 e. The van der Waals surface area contributed by atoms with Crippen molar-refractivity contribution in [3.8, 4) is 0 Å². The van der Waals surface area contributed by atoms with Gasteiger partial charge in [-0.05, 0) is 23.9 Å². The smallest absolute Gasteiger partial charge is 0.190 e. The van der Waals surface area contributed by atoms with Crippen molar-refractivity contribution in [3.05, 3.63) is 35.7 Å². The molecule has 0 atom stereocenters. The first kappa shape index (κ1) is 11.7. The Morgan fingerprint density at radius 1 is 1.35 bits per heavy atom. The molecule has 0 unspecified atom stereocenters. The topological polar surface area (TPSA) is 47.8 Å². The number of carbonyl (C=O) groups excluding carboxylic acids is 1. The number of aldehydes is 1. The SMILES string of the molecule is Cn1ncnc1Sc1c(F)cc(C=O)cc1F. The van der Waals surface area contributed by atoms with Gasteiger partial charge >= 0.3 is 0 Å². The third-order valence-electron chi connectivity index (χ3n) is 2.02. The van der Waals surface area contributed by atoms with Gasteiger partial charge in [-0.25, -0.2) is 18.4 Å². The highest BCUT2D eigenvalue weighted by Crippen LogP contribution is 2.30. The van der Waals surface area contributed by atoms with Crippen molar-refractivity contribution < 1.29 is 13.6 Å². The number of halogens is 2. The minimum absolute atomic E-state index is 0.0395. The maximum Gasteiger partial charge on any atom is 0.190 e. The summed E-state index contributed by atoms with van der Waals surface area (Å²) in [4.78, 5) is 14.1. The zero-order valence-corrected chi connectivity index (χ0v) is 9.54. The number of hydrogen-bond acceptors (Lipinski definition) is 4. The lowest BCUT2D eigenvalue weighted by atomic mass is 10.2. The fraction of sp³-hybridized carbons (Fsp3) is 0.100. The van der Waals surface area contributed by atoms with Crippen LogP contribution in [-0.4, -0.2) is 21.1 Å². The van der Waals surface area contributed by atoms with Crippen LogP contribution in [0.3, 0.4) is 0 Å². The Bertz CT molecular complexity index is 547. The van der Waals surface area contributed by atoms with E-state index in [4.69, 9.17) is 0 Å². The van der Waals surface area contributed by atoms with Gasteiger partial charge in [0, 0.05) is 12.6 Å². The van der Waals surface area contributed by atoms with Crippen LogP contribution in [0.15, 0.2) is 28.5 Å². The van der Waals surface area contributed by atoms with Gasteiger partial charge in [0.05, 0.1) is 4.90 Å². The van der Waals surface area contributed by atoms with Gasteiger partial charge in [0.25, 0.3) is 0 Å². The average Bonchev–Trinajstić information content (AvgIpc) is 2.69. The van der Waals surface area contributed by atoms with Gasteiger partial charge in [0.1, 0.15) is 24.2 Å². The van der Waals surface area contributed by atoms with Crippen LogP contribution >= 0.6 is 11.8 Å². The molecule has 0 aliphatic heterocycles. The lowest BCUT2D eigenvalue weighted by molar-refractivity contribution is 0.112. The lowest BCUT2D eigenvalue weighted by Gasteiger charge is -2.04. The first-order chi connectivity index (χ1) is 8.11. The van der Waals surface area contributed by atoms with E-state index in [0.717, 1.165) is 23.9 Å². The van der Waals surface area contributed by atoms with Crippen LogP contribution < -0.4 is 0 Å². The van der Waals surface area contributed by atoms with Crippen LogP contribution in [-0.2, 0) is 7.05 Å². The van der Waals surface area contributed by atoms with E-state index in [1.807, 2.05) is 0 Å². The Balaban J connectivity index is 2.40. The number of nitrogens with zero attached hydrogens (tertiary/aromatic N) is 3. The van der Waals surface area contributed by atoms with E-state index < -0.39 is 11.6 Å². The lowest BCUT2D eigenvalue weighted by Crippen LogP contribution is -1.96. The van der Waals surface area contributed by atoms with E-state index in [0.29, 0.717) is 11.4 Å². The molecule has 2 aromatic rings. The van der Waals surface area contributed by atoms with Crippen LogP contribution in [0.5, 0.6) is 0 Å². The Kier molecular flexibility index (Phi) is 3.19. The highest BCUT2D eigenvalue weighted by molar-refractivity contribution is 7.99. The van der Waals surface area contributed by atoms with Gasteiger partial charge < -0.3 is 0 Å². The second-order valence-electron chi connectivity index (χ2n) is 3.20. The summed E-state index contributed by atoms with van der Waals surface area (Å²) in [5.74, 6) is -1.58. The summed E-state index contributed by atoms with van der Waals surface area (Å²) in [6.45, 7) is 0. The Hall–Kier alpha value is -1.76. The minimum Gasteiger partial charge on any atom is -0.298 e. The molecule has 1 aromatic heterocycles.